The van der Waals surface area contributed by atoms with Gasteiger partial charge in [0, 0.05) is 5.56 Å². The minimum absolute atomic E-state index is 0.0191. The Morgan fingerprint density at radius 3 is 2.36 bits per heavy atom. The lowest BCUT2D eigenvalue weighted by molar-refractivity contribution is -0.139. The van der Waals surface area contributed by atoms with Crippen molar-refractivity contribution in [1.29, 1.82) is 0 Å². The summed E-state index contributed by atoms with van der Waals surface area (Å²) in [6.45, 7) is -0.640. The number of thiophene rings is 1. The molecule has 2 N–H and O–H groups in total. The van der Waals surface area contributed by atoms with Crippen molar-refractivity contribution in [2.75, 3.05) is 6.61 Å². The number of aldehydes is 1. The maximum Gasteiger partial charge on any atom is 0.349 e. The second-order valence-corrected chi connectivity index (χ2v) is 5.94. The van der Waals surface area contributed by atoms with Gasteiger partial charge in [0.05, 0.1) is 9.35 Å². The highest BCUT2D eigenvalue weighted by atomic mass is 79.9. The summed E-state index contributed by atoms with van der Waals surface area (Å²) >= 11 is 4.21. The fourth-order valence-electron chi connectivity index (χ4n) is 1.70. The molecule has 0 aliphatic carbocycles. The third-order valence-corrected chi connectivity index (χ3v) is 4.88. The topological polar surface area (TPSA) is 101 Å². The Morgan fingerprint density at radius 2 is 1.86 bits per heavy atom. The molecule has 1 heterocycles. The van der Waals surface area contributed by atoms with E-state index in [-0.39, 0.29) is 10.6 Å². The number of rotatable bonds is 6. The molecular formula is C14H9BrO6S. The molecule has 114 valence electrons. The van der Waals surface area contributed by atoms with Crippen LogP contribution >= 0.6 is 27.3 Å². The van der Waals surface area contributed by atoms with Gasteiger partial charge in [-0.1, -0.05) is 24.3 Å². The molecule has 0 amide bonds. The van der Waals surface area contributed by atoms with Crippen molar-refractivity contribution >= 4 is 45.5 Å². The van der Waals surface area contributed by atoms with Gasteiger partial charge in [-0.2, -0.15) is 0 Å². The Kier molecular flexibility index (Phi) is 4.94. The first-order chi connectivity index (χ1) is 10.4. The average molecular weight is 385 g/mol. The van der Waals surface area contributed by atoms with Crippen molar-refractivity contribution in [3.8, 4) is 16.2 Å². The highest BCUT2D eigenvalue weighted by Crippen LogP contribution is 2.45. The summed E-state index contributed by atoms with van der Waals surface area (Å²) in [7, 11) is 0. The van der Waals surface area contributed by atoms with Crippen LogP contribution in [0, 0.1) is 0 Å². The number of benzene rings is 1. The summed E-state index contributed by atoms with van der Waals surface area (Å²) < 4.78 is 5.44. The molecular weight excluding hydrogens is 376 g/mol. The van der Waals surface area contributed by atoms with Crippen LogP contribution in [-0.2, 0) is 4.79 Å². The maximum atomic E-state index is 11.3. The Balaban J connectivity index is 2.47. The second kappa shape index (κ2) is 6.71. The zero-order valence-corrected chi connectivity index (χ0v) is 13.3. The zero-order chi connectivity index (χ0) is 16.3. The third kappa shape index (κ3) is 3.34. The SMILES string of the molecule is O=Cc1ccc(-c2sc(C(=O)O)c(OCC(=O)O)c2Br)cc1. The standard InChI is InChI=1S/C14H9BrO6S/c15-10-11(21-6-9(17)18)13(14(19)20)22-12(10)8-3-1-7(5-16)2-4-8/h1-5H,6H2,(H,17,18)(H,19,20). The Hall–Kier alpha value is -2.19. The Bertz CT molecular complexity index is 735. The summed E-state index contributed by atoms with van der Waals surface area (Å²) in [6, 6.07) is 6.55. The first-order valence-electron chi connectivity index (χ1n) is 5.89. The van der Waals surface area contributed by atoms with E-state index in [4.69, 9.17) is 9.84 Å². The van der Waals surface area contributed by atoms with Gasteiger partial charge in [-0.25, -0.2) is 9.59 Å². The highest BCUT2D eigenvalue weighted by molar-refractivity contribution is 9.10. The minimum atomic E-state index is -1.21. The molecule has 0 spiro atoms. The third-order valence-electron chi connectivity index (χ3n) is 2.65. The van der Waals surface area contributed by atoms with E-state index in [1.54, 1.807) is 24.3 Å². The van der Waals surface area contributed by atoms with Crippen molar-refractivity contribution < 1.29 is 29.3 Å². The Morgan fingerprint density at radius 1 is 1.23 bits per heavy atom. The van der Waals surface area contributed by atoms with Crippen molar-refractivity contribution in [1.82, 2.24) is 0 Å². The molecule has 1 aromatic carbocycles. The molecule has 2 rings (SSSR count). The summed E-state index contributed by atoms with van der Waals surface area (Å²) in [5.74, 6) is -2.43. The maximum absolute atomic E-state index is 11.3. The number of halogens is 1. The normalized spacial score (nSPS) is 10.2. The quantitative estimate of drug-likeness (QED) is 0.741. The molecule has 0 aliphatic rings. The van der Waals surface area contributed by atoms with Gasteiger partial charge in [0.1, 0.15) is 6.29 Å². The molecule has 1 aromatic heterocycles. The molecule has 0 radical (unpaired) electrons. The number of carboxylic acids is 2. The van der Waals surface area contributed by atoms with Crippen LogP contribution in [-0.4, -0.2) is 35.0 Å². The van der Waals surface area contributed by atoms with E-state index in [0.717, 1.165) is 11.3 Å². The first-order valence-corrected chi connectivity index (χ1v) is 7.50. The van der Waals surface area contributed by atoms with Gasteiger partial charge in [0.2, 0.25) is 0 Å². The van der Waals surface area contributed by atoms with Gasteiger partial charge in [0.25, 0.3) is 0 Å². The fraction of sp³-hybridized carbons (Fsp3) is 0.0714. The van der Waals surface area contributed by atoms with E-state index in [0.29, 0.717) is 26.8 Å². The van der Waals surface area contributed by atoms with Gasteiger partial charge in [0.15, 0.2) is 17.2 Å². The van der Waals surface area contributed by atoms with E-state index in [1.807, 2.05) is 0 Å². The van der Waals surface area contributed by atoms with E-state index < -0.39 is 18.5 Å². The lowest BCUT2D eigenvalue weighted by atomic mass is 10.1. The summed E-state index contributed by atoms with van der Waals surface area (Å²) in [4.78, 5) is 33.0. The first kappa shape index (κ1) is 16.2. The number of carbonyl (C=O) groups excluding carboxylic acids is 1. The lowest BCUT2D eigenvalue weighted by Crippen LogP contribution is -2.11. The van der Waals surface area contributed by atoms with Crippen LogP contribution in [0.15, 0.2) is 28.7 Å². The van der Waals surface area contributed by atoms with Crippen LogP contribution in [0.25, 0.3) is 10.4 Å². The predicted molar refractivity (Wildman–Crippen MR) is 82.9 cm³/mol. The number of carbonyl (C=O) groups is 3. The van der Waals surface area contributed by atoms with Gasteiger partial charge < -0.3 is 14.9 Å². The summed E-state index contributed by atoms with van der Waals surface area (Å²) in [5, 5.41) is 17.9. The van der Waals surface area contributed by atoms with Crippen LogP contribution in [0.2, 0.25) is 0 Å². The van der Waals surface area contributed by atoms with Crippen molar-refractivity contribution in [3.05, 3.63) is 39.2 Å². The number of aromatic carboxylic acids is 1. The number of carboxylic acid groups (broad SMARTS) is 2. The minimum Gasteiger partial charge on any atom is -0.479 e. The van der Waals surface area contributed by atoms with E-state index in [2.05, 4.69) is 15.9 Å². The van der Waals surface area contributed by atoms with E-state index >= 15 is 0 Å². The van der Waals surface area contributed by atoms with Crippen molar-refractivity contribution in [2.45, 2.75) is 0 Å². The second-order valence-electron chi connectivity index (χ2n) is 4.13. The molecule has 0 aliphatic heterocycles. The van der Waals surface area contributed by atoms with Crippen molar-refractivity contribution in [2.24, 2.45) is 0 Å². The monoisotopic (exact) mass is 384 g/mol. The molecule has 0 fully saturated rings. The zero-order valence-electron chi connectivity index (χ0n) is 10.9. The largest absolute Gasteiger partial charge is 0.479 e. The van der Waals surface area contributed by atoms with Gasteiger partial charge in [-0.15, -0.1) is 11.3 Å². The molecule has 0 saturated carbocycles. The number of hydrogen-bond acceptors (Lipinski definition) is 5. The van der Waals surface area contributed by atoms with Crippen LogP contribution in [0.4, 0.5) is 0 Å². The summed E-state index contributed by atoms with van der Waals surface area (Å²) in [5.41, 5.74) is 1.19. The van der Waals surface area contributed by atoms with E-state index in [1.165, 1.54) is 0 Å². The van der Waals surface area contributed by atoms with Crippen LogP contribution in [0.5, 0.6) is 5.75 Å². The molecule has 0 saturated heterocycles. The number of aliphatic carboxylic acids is 1. The molecule has 0 bridgehead atoms. The predicted octanol–water partition coefficient (Wildman–Crippen LogP) is 3.15. The average Bonchev–Trinajstić information content (AvgIpc) is 2.82. The van der Waals surface area contributed by atoms with Crippen molar-refractivity contribution in [3.63, 3.8) is 0 Å². The molecule has 0 unspecified atom stereocenters. The smallest absolute Gasteiger partial charge is 0.349 e. The van der Waals surface area contributed by atoms with Gasteiger partial charge in [-0.3, -0.25) is 4.79 Å². The molecule has 22 heavy (non-hydrogen) atoms. The van der Waals surface area contributed by atoms with E-state index in [9.17, 15) is 19.5 Å². The molecule has 0 atom stereocenters. The molecule has 2 aromatic rings. The molecule has 8 heteroatoms. The van der Waals surface area contributed by atoms with Crippen LogP contribution < -0.4 is 4.74 Å². The van der Waals surface area contributed by atoms with Gasteiger partial charge in [-0.05, 0) is 21.5 Å². The van der Waals surface area contributed by atoms with Crippen LogP contribution in [0.3, 0.4) is 0 Å². The highest BCUT2D eigenvalue weighted by Gasteiger charge is 2.24. The summed E-state index contributed by atoms with van der Waals surface area (Å²) in [6.07, 6.45) is 0.706. The number of ether oxygens (including phenoxy) is 1. The molecule has 6 nitrogen and oxygen atoms in total. The number of hydrogen-bond donors (Lipinski definition) is 2. The van der Waals surface area contributed by atoms with Crippen LogP contribution in [0.1, 0.15) is 20.0 Å². The van der Waals surface area contributed by atoms with Gasteiger partial charge >= 0.3 is 11.9 Å². The Labute approximate surface area is 137 Å². The lowest BCUT2D eigenvalue weighted by Gasteiger charge is -2.03. The fourth-order valence-corrected chi connectivity index (χ4v) is 3.60.